The average Bonchev–Trinajstić information content (AvgIpc) is 2.67. The van der Waals surface area contributed by atoms with Gasteiger partial charge < -0.3 is 9.47 Å². The number of hydrogen-bond donors (Lipinski definition) is 1. The smallest absolute Gasteiger partial charge is 0.335 e. The number of rotatable bonds is 5. The minimum absolute atomic E-state index is 0.153. The van der Waals surface area contributed by atoms with E-state index in [4.69, 9.17) is 9.47 Å². The fourth-order valence-corrected chi connectivity index (χ4v) is 3.44. The number of benzene rings is 2. The summed E-state index contributed by atoms with van der Waals surface area (Å²) in [5.41, 5.74) is 1.52. The molecular weight excluding hydrogens is 440 g/mol. The molecule has 4 amide bonds. The molecule has 0 aromatic heterocycles. The van der Waals surface area contributed by atoms with E-state index in [1.54, 1.807) is 43.3 Å². The molecule has 0 unspecified atom stereocenters. The van der Waals surface area contributed by atoms with Crippen LogP contribution in [0.15, 0.2) is 46.4 Å². The lowest BCUT2D eigenvalue weighted by molar-refractivity contribution is -0.122. The Morgan fingerprint density at radius 1 is 1.10 bits per heavy atom. The number of nitrogens with zero attached hydrogens (tertiary/aromatic N) is 1. The highest BCUT2D eigenvalue weighted by atomic mass is 79.9. The van der Waals surface area contributed by atoms with E-state index in [9.17, 15) is 14.4 Å². The summed E-state index contributed by atoms with van der Waals surface area (Å²) < 4.78 is 11.6. The predicted octanol–water partition coefficient (Wildman–Crippen LogP) is 3.83. The number of imide groups is 2. The molecule has 1 fully saturated rings. The van der Waals surface area contributed by atoms with E-state index >= 15 is 0 Å². The Morgan fingerprint density at radius 2 is 1.86 bits per heavy atom. The second kappa shape index (κ2) is 8.48. The van der Waals surface area contributed by atoms with Crippen molar-refractivity contribution in [3.8, 4) is 11.5 Å². The Morgan fingerprint density at radius 3 is 2.52 bits per heavy atom. The number of nitrogens with one attached hydrogen (secondary N) is 1. The maximum Gasteiger partial charge on any atom is 0.335 e. The molecular formula is C21H19BrN2O5. The topological polar surface area (TPSA) is 84.9 Å². The third kappa shape index (κ3) is 4.17. The number of urea groups is 1. The molecule has 0 spiro atoms. The standard InChI is InChI=1S/C21H19BrN2O5/c1-4-29-18-11-13(5-8-17(18)28-3)10-15-19(25)23-21(27)24(20(15)26)16-7-6-14(22)9-12(16)2/h5-11H,4H2,1-3H3,(H,23,25,27)/b15-10-. The van der Waals surface area contributed by atoms with Gasteiger partial charge in [-0.05, 0) is 61.4 Å². The number of hydrogen-bond acceptors (Lipinski definition) is 5. The van der Waals surface area contributed by atoms with E-state index in [1.165, 1.54) is 13.2 Å². The molecule has 1 heterocycles. The Kier molecular flexibility index (Phi) is 6.03. The zero-order valence-electron chi connectivity index (χ0n) is 16.1. The van der Waals surface area contributed by atoms with E-state index < -0.39 is 17.8 Å². The second-order valence-corrected chi connectivity index (χ2v) is 7.15. The molecule has 0 radical (unpaired) electrons. The van der Waals surface area contributed by atoms with Gasteiger partial charge >= 0.3 is 6.03 Å². The number of carbonyl (C=O) groups is 3. The van der Waals surface area contributed by atoms with Crippen LogP contribution in [0, 0.1) is 6.92 Å². The number of amides is 4. The molecule has 29 heavy (non-hydrogen) atoms. The van der Waals surface area contributed by atoms with Gasteiger partial charge in [0, 0.05) is 4.47 Å². The fourth-order valence-electron chi connectivity index (χ4n) is 2.96. The highest BCUT2D eigenvalue weighted by molar-refractivity contribution is 9.10. The van der Waals surface area contributed by atoms with Crippen LogP contribution in [0.2, 0.25) is 0 Å². The first-order valence-corrected chi connectivity index (χ1v) is 9.63. The van der Waals surface area contributed by atoms with Crippen molar-refractivity contribution >= 4 is 45.5 Å². The molecule has 3 rings (SSSR count). The van der Waals surface area contributed by atoms with Crippen LogP contribution in [0.25, 0.3) is 6.08 Å². The summed E-state index contributed by atoms with van der Waals surface area (Å²) in [6, 6.07) is 9.41. The zero-order chi connectivity index (χ0) is 21.1. The van der Waals surface area contributed by atoms with Crippen molar-refractivity contribution in [1.29, 1.82) is 0 Å². The van der Waals surface area contributed by atoms with E-state index in [1.807, 2.05) is 6.92 Å². The minimum atomic E-state index is -0.785. The van der Waals surface area contributed by atoms with Crippen molar-refractivity contribution in [1.82, 2.24) is 5.32 Å². The van der Waals surface area contributed by atoms with Gasteiger partial charge in [0.2, 0.25) is 0 Å². The van der Waals surface area contributed by atoms with Crippen LogP contribution in [0.4, 0.5) is 10.5 Å². The van der Waals surface area contributed by atoms with E-state index in [0.717, 1.165) is 9.37 Å². The van der Waals surface area contributed by atoms with Gasteiger partial charge in [-0.3, -0.25) is 14.9 Å². The van der Waals surface area contributed by atoms with Crippen LogP contribution >= 0.6 is 15.9 Å². The van der Waals surface area contributed by atoms with Gasteiger partial charge in [0.25, 0.3) is 11.8 Å². The predicted molar refractivity (Wildman–Crippen MR) is 112 cm³/mol. The first-order valence-electron chi connectivity index (χ1n) is 8.84. The van der Waals surface area contributed by atoms with Gasteiger partial charge in [-0.1, -0.05) is 22.0 Å². The molecule has 1 N–H and O–H groups in total. The number of anilines is 1. The normalized spacial score (nSPS) is 15.5. The minimum Gasteiger partial charge on any atom is -0.493 e. The lowest BCUT2D eigenvalue weighted by Crippen LogP contribution is -2.54. The Bertz CT molecular complexity index is 1030. The summed E-state index contributed by atoms with van der Waals surface area (Å²) >= 11 is 3.36. The number of aryl methyl sites for hydroxylation is 1. The molecule has 1 saturated heterocycles. The third-order valence-corrected chi connectivity index (χ3v) is 4.79. The third-order valence-electron chi connectivity index (χ3n) is 4.30. The molecule has 0 saturated carbocycles. The van der Waals surface area contributed by atoms with Crippen LogP contribution in [0.5, 0.6) is 11.5 Å². The average molecular weight is 459 g/mol. The molecule has 8 heteroatoms. The number of carbonyl (C=O) groups excluding carboxylic acids is 3. The van der Waals surface area contributed by atoms with Crippen molar-refractivity contribution in [2.24, 2.45) is 0 Å². The molecule has 1 aliphatic rings. The van der Waals surface area contributed by atoms with Crippen molar-refractivity contribution in [2.75, 3.05) is 18.6 Å². The Labute approximate surface area is 176 Å². The van der Waals surface area contributed by atoms with Gasteiger partial charge in [0.05, 0.1) is 19.4 Å². The van der Waals surface area contributed by atoms with Crippen molar-refractivity contribution in [3.63, 3.8) is 0 Å². The summed E-state index contributed by atoms with van der Waals surface area (Å²) in [6.07, 6.45) is 1.42. The highest BCUT2D eigenvalue weighted by Crippen LogP contribution is 2.31. The van der Waals surface area contributed by atoms with E-state index in [0.29, 0.717) is 34.9 Å². The SMILES string of the molecule is CCOc1cc(/C=C2/C(=O)NC(=O)N(c3ccc(Br)cc3C)C2=O)ccc1OC. The van der Waals surface area contributed by atoms with Gasteiger partial charge in [0.15, 0.2) is 11.5 Å². The Hall–Kier alpha value is -3.13. The summed E-state index contributed by atoms with van der Waals surface area (Å²) in [6.45, 7) is 4.05. The van der Waals surface area contributed by atoms with Gasteiger partial charge in [0.1, 0.15) is 5.57 Å². The first kappa shape index (κ1) is 20.6. The number of ether oxygens (including phenoxy) is 2. The van der Waals surface area contributed by atoms with Crippen LogP contribution in [-0.4, -0.2) is 31.6 Å². The number of barbiturate groups is 1. The van der Waals surface area contributed by atoms with Crippen LogP contribution in [-0.2, 0) is 9.59 Å². The quantitative estimate of drug-likeness (QED) is 0.543. The number of methoxy groups -OCH3 is 1. The van der Waals surface area contributed by atoms with Crippen molar-refractivity contribution in [2.45, 2.75) is 13.8 Å². The van der Waals surface area contributed by atoms with Crippen LogP contribution in [0.1, 0.15) is 18.1 Å². The zero-order valence-corrected chi connectivity index (χ0v) is 17.7. The largest absolute Gasteiger partial charge is 0.493 e. The molecule has 1 aliphatic heterocycles. The maximum atomic E-state index is 13.0. The summed E-state index contributed by atoms with van der Waals surface area (Å²) in [7, 11) is 1.53. The molecule has 0 atom stereocenters. The summed E-state index contributed by atoms with van der Waals surface area (Å²) in [4.78, 5) is 38.7. The Balaban J connectivity index is 2.02. The molecule has 150 valence electrons. The maximum absolute atomic E-state index is 13.0. The molecule has 2 aromatic carbocycles. The lowest BCUT2D eigenvalue weighted by atomic mass is 10.1. The fraction of sp³-hybridized carbons (Fsp3) is 0.190. The first-order chi connectivity index (χ1) is 13.8. The van der Waals surface area contributed by atoms with Crippen LogP contribution in [0.3, 0.4) is 0 Å². The summed E-state index contributed by atoms with van der Waals surface area (Å²) in [5.74, 6) is -0.418. The van der Waals surface area contributed by atoms with Crippen molar-refractivity contribution in [3.05, 3.63) is 57.6 Å². The lowest BCUT2D eigenvalue weighted by Gasteiger charge is -2.27. The molecule has 2 aromatic rings. The van der Waals surface area contributed by atoms with E-state index in [2.05, 4.69) is 21.2 Å². The summed E-state index contributed by atoms with van der Waals surface area (Å²) in [5, 5.41) is 2.22. The molecule has 7 nitrogen and oxygen atoms in total. The van der Waals surface area contributed by atoms with Gasteiger partial charge in [-0.15, -0.1) is 0 Å². The van der Waals surface area contributed by atoms with Crippen molar-refractivity contribution < 1.29 is 23.9 Å². The van der Waals surface area contributed by atoms with E-state index in [-0.39, 0.29) is 5.57 Å². The molecule has 0 aliphatic carbocycles. The second-order valence-electron chi connectivity index (χ2n) is 6.23. The number of halogens is 1. The molecule has 0 bridgehead atoms. The van der Waals surface area contributed by atoms with Gasteiger partial charge in [-0.25, -0.2) is 9.69 Å². The monoisotopic (exact) mass is 458 g/mol. The van der Waals surface area contributed by atoms with Gasteiger partial charge in [-0.2, -0.15) is 0 Å². The van der Waals surface area contributed by atoms with Crippen LogP contribution < -0.4 is 19.7 Å². The highest BCUT2D eigenvalue weighted by Gasteiger charge is 2.37.